The molecule has 5 nitrogen and oxygen atoms in total. The fourth-order valence-electron chi connectivity index (χ4n) is 2.30. The first-order valence-electron chi connectivity index (χ1n) is 7.65. The summed E-state index contributed by atoms with van der Waals surface area (Å²) >= 11 is 0. The zero-order chi connectivity index (χ0) is 15.1. The van der Waals surface area contributed by atoms with E-state index >= 15 is 0 Å². The van der Waals surface area contributed by atoms with Gasteiger partial charge in [0.25, 0.3) is 0 Å². The first-order valence-corrected chi connectivity index (χ1v) is 7.65. The van der Waals surface area contributed by atoms with Gasteiger partial charge in [-0.05, 0) is 37.5 Å². The van der Waals surface area contributed by atoms with Crippen LogP contribution in [0.3, 0.4) is 0 Å². The molecule has 1 aliphatic heterocycles. The van der Waals surface area contributed by atoms with Gasteiger partial charge in [-0.2, -0.15) is 0 Å². The van der Waals surface area contributed by atoms with Crippen LogP contribution in [0, 0.1) is 0 Å². The highest BCUT2D eigenvalue weighted by molar-refractivity contribution is 5.76. The Morgan fingerprint density at radius 3 is 2.76 bits per heavy atom. The minimum Gasteiger partial charge on any atom is -0.490 e. The van der Waals surface area contributed by atoms with Crippen LogP contribution in [0.25, 0.3) is 0 Å². The van der Waals surface area contributed by atoms with Crippen LogP contribution in [0.15, 0.2) is 18.2 Å². The minimum absolute atomic E-state index is 0.0923. The molecule has 2 amide bonds. The third-order valence-electron chi connectivity index (χ3n) is 3.39. The molecule has 116 valence electrons. The number of urea groups is 1. The summed E-state index contributed by atoms with van der Waals surface area (Å²) < 4.78 is 11.4. The maximum absolute atomic E-state index is 11.2. The summed E-state index contributed by atoms with van der Waals surface area (Å²) in [7, 11) is 0. The highest BCUT2D eigenvalue weighted by Gasteiger charge is 2.20. The number of amides is 2. The van der Waals surface area contributed by atoms with Crippen LogP contribution in [0.4, 0.5) is 4.79 Å². The third kappa shape index (κ3) is 4.55. The average Bonchev–Trinajstić information content (AvgIpc) is 2.87. The largest absolute Gasteiger partial charge is 0.490 e. The topological polar surface area (TPSA) is 59.6 Å². The molecule has 1 aliphatic rings. The Bertz CT molecular complexity index is 477. The van der Waals surface area contributed by atoms with E-state index < -0.39 is 0 Å². The molecule has 21 heavy (non-hydrogen) atoms. The molecule has 0 radical (unpaired) electrons. The Balaban J connectivity index is 2.04. The molecule has 2 rings (SSSR count). The standard InChI is InChI=1S/C16H24N2O3/c1-3-5-8-21-15-10-12(6-7-14(15)20-4-2)9-13-11-17-16(19)18-13/h6-7,10,13H,3-5,8-9,11H2,1-2H3,(H2,17,18,19). The van der Waals surface area contributed by atoms with Gasteiger partial charge in [0.1, 0.15) is 0 Å². The van der Waals surface area contributed by atoms with E-state index in [2.05, 4.69) is 17.6 Å². The Morgan fingerprint density at radius 2 is 2.10 bits per heavy atom. The lowest BCUT2D eigenvalue weighted by Gasteiger charge is -2.14. The van der Waals surface area contributed by atoms with Crippen molar-refractivity contribution in [2.75, 3.05) is 19.8 Å². The van der Waals surface area contributed by atoms with Gasteiger partial charge in [-0.25, -0.2) is 4.79 Å². The molecule has 0 aliphatic carbocycles. The Kier molecular flexibility index (Phi) is 5.72. The number of ether oxygens (including phenoxy) is 2. The zero-order valence-electron chi connectivity index (χ0n) is 12.8. The lowest BCUT2D eigenvalue weighted by molar-refractivity contribution is 0.247. The van der Waals surface area contributed by atoms with Crippen molar-refractivity contribution < 1.29 is 14.3 Å². The van der Waals surface area contributed by atoms with Crippen molar-refractivity contribution >= 4 is 6.03 Å². The molecule has 0 saturated carbocycles. The average molecular weight is 292 g/mol. The molecular weight excluding hydrogens is 268 g/mol. The maximum atomic E-state index is 11.2. The second-order valence-corrected chi connectivity index (χ2v) is 5.17. The number of carbonyl (C=O) groups excluding carboxylic acids is 1. The van der Waals surface area contributed by atoms with E-state index in [-0.39, 0.29) is 12.1 Å². The molecule has 0 spiro atoms. The first kappa shape index (κ1) is 15.5. The number of hydrogen-bond donors (Lipinski definition) is 2. The quantitative estimate of drug-likeness (QED) is 0.724. The van der Waals surface area contributed by atoms with Crippen molar-refractivity contribution in [1.29, 1.82) is 0 Å². The van der Waals surface area contributed by atoms with Gasteiger partial charge >= 0.3 is 6.03 Å². The van der Waals surface area contributed by atoms with Crippen molar-refractivity contribution in [3.63, 3.8) is 0 Å². The smallest absolute Gasteiger partial charge is 0.315 e. The van der Waals surface area contributed by atoms with Crippen LogP contribution >= 0.6 is 0 Å². The fourth-order valence-corrected chi connectivity index (χ4v) is 2.30. The van der Waals surface area contributed by atoms with E-state index in [1.165, 1.54) is 0 Å². The molecular formula is C16H24N2O3. The molecule has 5 heteroatoms. The van der Waals surface area contributed by atoms with E-state index in [1.54, 1.807) is 0 Å². The number of carbonyl (C=O) groups is 1. The third-order valence-corrected chi connectivity index (χ3v) is 3.39. The normalized spacial score (nSPS) is 17.2. The van der Waals surface area contributed by atoms with Crippen molar-refractivity contribution in [2.24, 2.45) is 0 Å². The Hall–Kier alpha value is -1.91. The molecule has 1 atom stereocenters. The Labute approximate surface area is 126 Å². The van der Waals surface area contributed by atoms with E-state index in [0.717, 1.165) is 36.3 Å². The van der Waals surface area contributed by atoms with Gasteiger partial charge in [0, 0.05) is 6.54 Å². The second-order valence-electron chi connectivity index (χ2n) is 5.17. The van der Waals surface area contributed by atoms with E-state index in [9.17, 15) is 4.79 Å². The SMILES string of the molecule is CCCCOc1cc(CC2CNC(=O)N2)ccc1OCC. The molecule has 1 fully saturated rings. The van der Waals surface area contributed by atoms with Crippen molar-refractivity contribution in [3.8, 4) is 11.5 Å². The van der Waals surface area contributed by atoms with Gasteiger partial charge < -0.3 is 20.1 Å². The van der Waals surface area contributed by atoms with Crippen molar-refractivity contribution in [3.05, 3.63) is 23.8 Å². The number of hydrogen-bond acceptors (Lipinski definition) is 3. The summed E-state index contributed by atoms with van der Waals surface area (Å²) in [6.45, 7) is 6.08. The highest BCUT2D eigenvalue weighted by atomic mass is 16.5. The van der Waals surface area contributed by atoms with E-state index in [4.69, 9.17) is 9.47 Å². The van der Waals surface area contributed by atoms with Crippen LogP contribution in [0.2, 0.25) is 0 Å². The molecule has 0 aromatic heterocycles. The van der Waals surface area contributed by atoms with Gasteiger partial charge in [-0.1, -0.05) is 19.4 Å². The number of benzene rings is 1. The molecule has 2 N–H and O–H groups in total. The summed E-state index contributed by atoms with van der Waals surface area (Å²) in [5.74, 6) is 1.58. The molecule has 1 unspecified atom stereocenters. The highest BCUT2D eigenvalue weighted by Crippen LogP contribution is 2.29. The summed E-state index contributed by atoms with van der Waals surface area (Å²) in [4.78, 5) is 11.2. The summed E-state index contributed by atoms with van der Waals surface area (Å²) in [5, 5.41) is 5.66. The van der Waals surface area contributed by atoms with Crippen LogP contribution in [-0.4, -0.2) is 31.8 Å². The summed E-state index contributed by atoms with van der Waals surface area (Å²) in [5.41, 5.74) is 1.14. The fraction of sp³-hybridized carbons (Fsp3) is 0.562. The van der Waals surface area contributed by atoms with Gasteiger partial charge in [0.15, 0.2) is 11.5 Å². The predicted molar refractivity (Wildman–Crippen MR) is 82.0 cm³/mol. The molecule has 0 bridgehead atoms. The summed E-state index contributed by atoms with van der Waals surface area (Å²) in [6, 6.07) is 6.04. The molecule has 1 heterocycles. The second kappa shape index (κ2) is 7.76. The minimum atomic E-state index is -0.0923. The number of nitrogens with one attached hydrogen (secondary N) is 2. The number of unbranched alkanes of at least 4 members (excludes halogenated alkanes) is 1. The van der Waals surface area contributed by atoms with E-state index in [1.807, 2.05) is 25.1 Å². The number of rotatable bonds is 8. The molecule has 1 aromatic rings. The van der Waals surface area contributed by atoms with Crippen LogP contribution in [-0.2, 0) is 6.42 Å². The monoisotopic (exact) mass is 292 g/mol. The lowest BCUT2D eigenvalue weighted by atomic mass is 10.1. The summed E-state index contributed by atoms with van der Waals surface area (Å²) in [6.07, 6.45) is 2.91. The lowest BCUT2D eigenvalue weighted by Crippen LogP contribution is -2.28. The van der Waals surface area contributed by atoms with Crippen molar-refractivity contribution in [2.45, 2.75) is 39.2 Å². The van der Waals surface area contributed by atoms with Crippen LogP contribution < -0.4 is 20.1 Å². The molecule has 1 saturated heterocycles. The van der Waals surface area contributed by atoms with Crippen molar-refractivity contribution in [1.82, 2.24) is 10.6 Å². The van der Waals surface area contributed by atoms with Crippen LogP contribution in [0.5, 0.6) is 11.5 Å². The maximum Gasteiger partial charge on any atom is 0.315 e. The van der Waals surface area contributed by atoms with Gasteiger partial charge in [0.05, 0.1) is 19.3 Å². The zero-order valence-corrected chi connectivity index (χ0v) is 12.8. The van der Waals surface area contributed by atoms with Gasteiger partial charge in [-0.3, -0.25) is 0 Å². The first-order chi connectivity index (χ1) is 10.2. The van der Waals surface area contributed by atoms with Gasteiger partial charge in [0.2, 0.25) is 0 Å². The predicted octanol–water partition coefficient (Wildman–Crippen LogP) is 2.49. The van der Waals surface area contributed by atoms with Crippen LogP contribution in [0.1, 0.15) is 32.3 Å². The van der Waals surface area contributed by atoms with Gasteiger partial charge in [-0.15, -0.1) is 0 Å². The van der Waals surface area contributed by atoms with E-state index in [0.29, 0.717) is 19.8 Å². The molecule has 1 aromatic carbocycles. The Morgan fingerprint density at radius 1 is 1.24 bits per heavy atom.